The lowest BCUT2D eigenvalue weighted by Crippen LogP contribution is -2.55. The minimum atomic E-state index is -0.604. The first-order valence-electron chi connectivity index (χ1n) is 15.2. The van der Waals surface area contributed by atoms with Crippen LogP contribution in [0.3, 0.4) is 0 Å². The number of nitrogens with zero attached hydrogens (tertiary/aromatic N) is 2. The van der Waals surface area contributed by atoms with Gasteiger partial charge in [0.05, 0.1) is 48.5 Å². The lowest BCUT2D eigenvalue weighted by Gasteiger charge is -2.47. The van der Waals surface area contributed by atoms with E-state index in [9.17, 15) is 9.59 Å². The molecule has 2 amide bonds. The summed E-state index contributed by atoms with van der Waals surface area (Å²) < 4.78 is 21.1. The van der Waals surface area contributed by atoms with E-state index in [0.717, 1.165) is 35.0 Å². The summed E-state index contributed by atoms with van der Waals surface area (Å²) in [5.74, 6) is -1.77. The molecule has 8 nitrogen and oxygen atoms in total. The molecule has 1 saturated carbocycles. The Balaban J connectivity index is 1.27. The number of carbonyl (C=O) groups excluding carboxylic acids is 2. The number of hydrogen-bond donors (Lipinski definition) is 3. The van der Waals surface area contributed by atoms with Crippen LogP contribution in [0.5, 0.6) is 0 Å². The number of aromatic nitrogens is 2. The SMILES string of the molecule is Cc1cccc(F)c1C(=O)N1[C@@H]2COC[C@@H]2C[C@H](C(=O)Nc2ccc3[nH]ncc3c2)[C@@H]1c1ccc(NC2CCCC2)cc1. The van der Waals surface area contributed by atoms with Gasteiger partial charge in [0.15, 0.2) is 0 Å². The summed E-state index contributed by atoms with van der Waals surface area (Å²) in [5, 5.41) is 14.6. The van der Waals surface area contributed by atoms with Gasteiger partial charge in [-0.1, -0.05) is 37.1 Å². The molecule has 4 atom stereocenters. The van der Waals surface area contributed by atoms with Crippen molar-refractivity contribution in [2.24, 2.45) is 11.8 Å². The molecular weight excluding hydrogens is 545 g/mol. The second-order valence-electron chi connectivity index (χ2n) is 12.2. The lowest BCUT2D eigenvalue weighted by molar-refractivity contribution is -0.124. The van der Waals surface area contributed by atoms with E-state index in [0.29, 0.717) is 36.9 Å². The third kappa shape index (κ3) is 5.27. The topological polar surface area (TPSA) is 99.4 Å². The molecule has 4 aromatic rings. The molecule has 2 aliphatic heterocycles. The van der Waals surface area contributed by atoms with Crippen molar-refractivity contribution in [2.45, 2.75) is 57.2 Å². The minimum Gasteiger partial charge on any atom is -0.382 e. The lowest BCUT2D eigenvalue weighted by atomic mass is 9.76. The Morgan fingerprint density at radius 3 is 2.60 bits per heavy atom. The third-order valence-corrected chi connectivity index (χ3v) is 9.45. The summed E-state index contributed by atoms with van der Waals surface area (Å²) in [6, 6.07) is 17.9. The van der Waals surface area contributed by atoms with Crippen LogP contribution < -0.4 is 10.6 Å². The minimum absolute atomic E-state index is 0.0392. The van der Waals surface area contributed by atoms with Crippen molar-refractivity contribution < 1.29 is 18.7 Å². The van der Waals surface area contributed by atoms with Crippen molar-refractivity contribution in [3.8, 4) is 0 Å². The Kier molecular flexibility index (Phi) is 7.34. The second-order valence-corrected chi connectivity index (χ2v) is 12.2. The van der Waals surface area contributed by atoms with Crippen molar-refractivity contribution in [3.05, 3.63) is 89.4 Å². The molecule has 1 aliphatic carbocycles. The number of aromatic amines is 1. The molecule has 0 bridgehead atoms. The van der Waals surface area contributed by atoms with E-state index in [1.807, 2.05) is 42.5 Å². The quantitative estimate of drug-likeness (QED) is 0.251. The summed E-state index contributed by atoms with van der Waals surface area (Å²) in [5.41, 5.74) is 4.00. The second kappa shape index (κ2) is 11.4. The summed E-state index contributed by atoms with van der Waals surface area (Å²) in [6.45, 7) is 2.55. The van der Waals surface area contributed by atoms with E-state index < -0.39 is 23.7 Å². The number of benzene rings is 3. The number of carbonyl (C=O) groups is 2. The van der Waals surface area contributed by atoms with Crippen LogP contribution in [0.4, 0.5) is 15.8 Å². The van der Waals surface area contributed by atoms with Crippen molar-refractivity contribution >= 4 is 34.1 Å². The van der Waals surface area contributed by atoms with Crippen LogP contribution >= 0.6 is 0 Å². The summed E-state index contributed by atoms with van der Waals surface area (Å²) >= 11 is 0. The fourth-order valence-corrected chi connectivity index (χ4v) is 7.27. The van der Waals surface area contributed by atoms with Gasteiger partial charge in [0.25, 0.3) is 5.91 Å². The number of fused-ring (bicyclic) bond motifs is 2. The van der Waals surface area contributed by atoms with E-state index in [2.05, 4.69) is 20.8 Å². The predicted octanol–water partition coefficient (Wildman–Crippen LogP) is 6.22. The van der Waals surface area contributed by atoms with Crippen LogP contribution in [0.1, 0.15) is 59.6 Å². The molecule has 0 unspecified atom stereocenters. The number of ether oxygens (including phenoxy) is 1. The fraction of sp³-hybridized carbons (Fsp3) is 0.382. The number of aryl methyl sites for hydroxylation is 1. The van der Waals surface area contributed by atoms with E-state index in [1.54, 1.807) is 30.2 Å². The zero-order valence-corrected chi connectivity index (χ0v) is 24.2. The zero-order chi connectivity index (χ0) is 29.5. The Morgan fingerprint density at radius 1 is 1.02 bits per heavy atom. The van der Waals surface area contributed by atoms with Gasteiger partial charge in [0.2, 0.25) is 5.91 Å². The van der Waals surface area contributed by atoms with Crippen LogP contribution in [-0.4, -0.2) is 52.2 Å². The molecule has 3 aliphatic rings. The molecule has 222 valence electrons. The summed E-state index contributed by atoms with van der Waals surface area (Å²) in [7, 11) is 0. The molecule has 43 heavy (non-hydrogen) atoms. The number of halogens is 1. The van der Waals surface area contributed by atoms with Gasteiger partial charge in [-0.15, -0.1) is 0 Å². The van der Waals surface area contributed by atoms with Crippen molar-refractivity contribution in [3.63, 3.8) is 0 Å². The number of rotatable bonds is 6. The molecule has 3 aromatic carbocycles. The molecule has 2 saturated heterocycles. The average Bonchev–Trinajstić information content (AvgIpc) is 3.78. The number of nitrogens with one attached hydrogen (secondary N) is 3. The number of piperidine rings is 1. The number of amides is 2. The van der Waals surface area contributed by atoms with Gasteiger partial charge >= 0.3 is 0 Å². The first-order valence-corrected chi connectivity index (χ1v) is 15.2. The molecule has 3 heterocycles. The smallest absolute Gasteiger partial charge is 0.257 e. The van der Waals surface area contributed by atoms with Gasteiger partial charge in [-0.25, -0.2) is 4.39 Å². The molecule has 0 spiro atoms. The monoisotopic (exact) mass is 581 g/mol. The highest BCUT2D eigenvalue weighted by Gasteiger charge is 2.51. The van der Waals surface area contributed by atoms with Crippen LogP contribution in [0, 0.1) is 24.6 Å². The molecule has 9 heteroatoms. The normalized spacial score (nSPS) is 23.8. The Bertz CT molecular complexity index is 1630. The van der Waals surface area contributed by atoms with Gasteiger partial charge < -0.3 is 20.3 Å². The van der Waals surface area contributed by atoms with Crippen molar-refractivity contribution in [1.82, 2.24) is 15.1 Å². The highest BCUT2D eigenvalue weighted by Crippen LogP contribution is 2.46. The van der Waals surface area contributed by atoms with Crippen LogP contribution in [-0.2, 0) is 9.53 Å². The summed E-state index contributed by atoms with van der Waals surface area (Å²) in [4.78, 5) is 30.3. The Labute approximate surface area is 250 Å². The number of likely N-dealkylation sites (tertiary alicyclic amines) is 1. The van der Waals surface area contributed by atoms with E-state index in [4.69, 9.17) is 4.74 Å². The maximum atomic E-state index is 15.2. The Hall–Kier alpha value is -4.24. The maximum absolute atomic E-state index is 15.2. The van der Waals surface area contributed by atoms with Gasteiger partial charge in [-0.05, 0) is 73.7 Å². The Morgan fingerprint density at radius 2 is 1.81 bits per heavy atom. The van der Waals surface area contributed by atoms with Crippen molar-refractivity contribution in [1.29, 1.82) is 0 Å². The predicted molar refractivity (Wildman–Crippen MR) is 163 cm³/mol. The molecule has 3 N–H and O–H groups in total. The highest BCUT2D eigenvalue weighted by atomic mass is 19.1. The zero-order valence-electron chi connectivity index (χ0n) is 24.2. The van der Waals surface area contributed by atoms with Crippen LogP contribution in [0.25, 0.3) is 10.9 Å². The van der Waals surface area contributed by atoms with Crippen LogP contribution in [0.2, 0.25) is 0 Å². The molecule has 7 rings (SSSR count). The van der Waals surface area contributed by atoms with Gasteiger partial charge in [0, 0.05) is 28.7 Å². The van der Waals surface area contributed by atoms with E-state index in [1.165, 1.54) is 18.9 Å². The first kappa shape index (κ1) is 27.6. The van der Waals surface area contributed by atoms with Crippen molar-refractivity contribution in [2.75, 3.05) is 23.8 Å². The summed E-state index contributed by atoms with van der Waals surface area (Å²) in [6.07, 6.45) is 7.05. The van der Waals surface area contributed by atoms with Crippen LogP contribution in [0.15, 0.2) is 66.9 Å². The van der Waals surface area contributed by atoms with Gasteiger partial charge in [-0.3, -0.25) is 14.7 Å². The standard InChI is InChI=1S/C34H36FN5O3/c1-20-5-4-8-28(35)31(20)34(42)40-30-19-43-18-23(30)16-27(33(41)38-26-13-14-29-22(15-26)17-36-39-29)32(40)21-9-11-25(12-10-21)37-24-6-2-3-7-24/h4-5,8-15,17,23-24,27,30,32,37H,2-3,6-7,16,18-19H2,1H3,(H,36,39)(H,38,41)/t23-,27-,30+,32-/m0/s1. The molecular formula is C34H36FN5O3. The first-order chi connectivity index (χ1) is 21.0. The highest BCUT2D eigenvalue weighted by molar-refractivity contribution is 5.99. The third-order valence-electron chi connectivity index (χ3n) is 9.45. The van der Waals surface area contributed by atoms with Gasteiger partial charge in [0.1, 0.15) is 5.82 Å². The maximum Gasteiger partial charge on any atom is 0.257 e. The number of anilines is 2. The fourth-order valence-electron chi connectivity index (χ4n) is 7.27. The average molecular weight is 582 g/mol. The van der Waals surface area contributed by atoms with Gasteiger partial charge in [-0.2, -0.15) is 5.10 Å². The van der Waals surface area contributed by atoms with E-state index in [-0.39, 0.29) is 23.4 Å². The number of hydrogen-bond acceptors (Lipinski definition) is 5. The van der Waals surface area contributed by atoms with E-state index >= 15 is 4.39 Å². The molecule has 1 aromatic heterocycles. The number of H-pyrrole nitrogens is 1. The molecule has 0 radical (unpaired) electrons. The largest absolute Gasteiger partial charge is 0.382 e. The molecule has 3 fully saturated rings.